The Hall–Kier alpha value is -1.37. The van der Waals surface area contributed by atoms with E-state index in [0.29, 0.717) is 0 Å². The Bertz CT molecular complexity index is 395. The molecule has 0 saturated carbocycles. The lowest BCUT2D eigenvalue weighted by atomic mass is 10.2. The first-order valence-corrected chi connectivity index (χ1v) is 4.83. The van der Waals surface area contributed by atoms with E-state index in [-0.39, 0.29) is 13.0 Å². The summed E-state index contributed by atoms with van der Waals surface area (Å²) >= 11 is 0. The van der Waals surface area contributed by atoms with Gasteiger partial charge in [0.1, 0.15) is 5.69 Å². The number of rotatable bonds is 4. The van der Waals surface area contributed by atoms with Gasteiger partial charge in [0, 0.05) is 6.54 Å². The van der Waals surface area contributed by atoms with Crippen LogP contribution in [0.4, 0.5) is 27.6 Å². The van der Waals surface area contributed by atoms with Crippen LogP contribution in [0.1, 0.15) is 13.3 Å². The zero-order chi connectivity index (χ0) is 13.2. The number of benzene rings is 1. The average molecular weight is 255 g/mol. The van der Waals surface area contributed by atoms with Crippen molar-refractivity contribution < 1.29 is 27.1 Å². The minimum absolute atomic E-state index is 0.280. The lowest BCUT2D eigenvalue weighted by Crippen LogP contribution is -2.20. The van der Waals surface area contributed by atoms with Gasteiger partial charge in [0.2, 0.25) is 5.82 Å². The summed E-state index contributed by atoms with van der Waals surface area (Å²) in [7, 11) is 0. The van der Waals surface area contributed by atoms with E-state index >= 15 is 0 Å². The van der Waals surface area contributed by atoms with E-state index < -0.39 is 40.9 Å². The van der Waals surface area contributed by atoms with Crippen LogP contribution in [0.5, 0.6) is 0 Å². The van der Waals surface area contributed by atoms with Gasteiger partial charge >= 0.3 is 0 Å². The second kappa shape index (κ2) is 5.31. The summed E-state index contributed by atoms with van der Waals surface area (Å²) in [5, 5.41) is 11.1. The molecule has 2 nitrogen and oxygen atoms in total. The van der Waals surface area contributed by atoms with Crippen LogP contribution in [0.25, 0.3) is 0 Å². The van der Waals surface area contributed by atoms with Crippen LogP contribution in [-0.2, 0) is 0 Å². The van der Waals surface area contributed by atoms with Crippen molar-refractivity contribution >= 4 is 5.69 Å². The fourth-order valence-corrected chi connectivity index (χ4v) is 1.12. The van der Waals surface area contributed by atoms with Gasteiger partial charge in [-0.25, -0.2) is 22.0 Å². The predicted molar refractivity (Wildman–Crippen MR) is 51.0 cm³/mol. The van der Waals surface area contributed by atoms with Gasteiger partial charge in [0.15, 0.2) is 23.3 Å². The Balaban J connectivity index is 3.07. The maximum atomic E-state index is 13.1. The number of halogens is 5. The molecule has 1 atom stereocenters. The molecule has 0 fully saturated rings. The van der Waals surface area contributed by atoms with Crippen LogP contribution in [0, 0.1) is 29.1 Å². The topological polar surface area (TPSA) is 32.3 Å². The number of anilines is 1. The smallest absolute Gasteiger partial charge is 0.200 e. The lowest BCUT2D eigenvalue weighted by Gasteiger charge is -2.13. The van der Waals surface area contributed by atoms with Crippen LogP contribution in [0.2, 0.25) is 0 Å². The van der Waals surface area contributed by atoms with Gasteiger partial charge in [-0.3, -0.25) is 0 Å². The number of aliphatic hydroxyl groups is 1. The molecule has 1 rings (SSSR count). The fourth-order valence-electron chi connectivity index (χ4n) is 1.12. The van der Waals surface area contributed by atoms with Gasteiger partial charge in [-0.05, 0) is 6.42 Å². The molecule has 0 aromatic heterocycles. The number of hydrogen-bond donors (Lipinski definition) is 2. The zero-order valence-corrected chi connectivity index (χ0v) is 8.83. The highest BCUT2D eigenvalue weighted by molar-refractivity contribution is 5.47. The largest absolute Gasteiger partial charge is 0.391 e. The minimum atomic E-state index is -2.21. The molecule has 0 amide bonds. The molecule has 17 heavy (non-hydrogen) atoms. The van der Waals surface area contributed by atoms with Crippen LogP contribution in [0.3, 0.4) is 0 Å². The van der Waals surface area contributed by atoms with E-state index in [0.717, 1.165) is 0 Å². The van der Waals surface area contributed by atoms with Crippen LogP contribution < -0.4 is 5.32 Å². The minimum Gasteiger partial charge on any atom is -0.391 e. The van der Waals surface area contributed by atoms with Gasteiger partial charge in [-0.2, -0.15) is 0 Å². The van der Waals surface area contributed by atoms with Crippen molar-refractivity contribution in [3.05, 3.63) is 29.1 Å². The van der Waals surface area contributed by atoms with Gasteiger partial charge in [0.05, 0.1) is 6.10 Å². The molecule has 0 aliphatic heterocycles. The highest BCUT2D eigenvalue weighted by atomic mass is 19.2. The molecular formula is C10H10F5NO. The second-order valence-corrected chi connectivity index (χ2v) is 3.39. The SMILES string of the molecule is CCC(O)CNc1c(F)c(F)c(F)c(F)c1F. The summed E-state index contributed by atoms with van der Waals surface area (Å²) in [5.74, 6) is -10.1. The monoisotopic (exact) mass is 255 g/mol. The van der Waals surface area contributed by atoms with Crippen LogP contribution in [-0.4, -0.2) is 17.8 Å². The van der Waals surface area contributed by atoms with Gasteiger partial charge < -0.3 is 10.4 Å². The molecule has 1 aromatic carbocycles. The van der Waals surface area contributed by atoms with Crippen molar-refractivity contribution in [1.82, 2.24) is 0 Å². The normalized spacial score (nSPS) is 12.6. The third kappa shape index (κ3) is 2.66. The number of aliphatic hydroxyl groups excluding tert-OH is 1. The highest BCUT2D eigenvalue weighted by Gasteiger charge is 2.25. The summed E-state index contributed by atoms with van der Waals surface area (Å²) < 4.78 is 64.3. The molecule has 7 heteroatoms. The second-order valence-electron chi connectivity index (χ2n) is 3.39. The van der Waals surface area contributed by atoms with Crippen molar-refractivity contribution in [3.8, 4) is 0 Å². The molecule has 0 saturated heterocycles. The number of nitrogens with one attached hydrogen (secondary N) is 1. The third-order valence-electron chi connectivity index (χ3n) is 2.20. The lowest BCUT2D eigenvalue weighted by molar-refractivity contribution is 0.183. The Kier molecular flexibility index (Phi) is 4.28. The molecule has 0 radical (unpaired) electrons. The van der Waals surface area contributed by atoms with E-state index in [9.17, 15) is 22.0 Å². The fraction of sp³-hybridized carbons (Fsp3) is 0.400. The molecule has 1 unspecified atom stereocenters. The van der Waals surface area contributed by atoms with Crippen LogP contribution in [0.15, 0.2) is 0 Å². The zero-order valence-electron chi connectivity index (χ0n) is 8.83. The predicted octanol–water partition coefficient (Wildman–Crippen LogP) is 2.56. The van der Waals surface area contributed by atoms with Gasteiger partial charge in [0.25, 0.3) is 0 Å². The molecule has 2 N–H and O–H groups in total. The number of hydrogen-bond acceptors (Lipinski definition) is 2. The van der Waals surface area contributed by atoms with Crippen molar-refractivity contribution in [1.29, 1.82) is 0 Å². The Morgan fingerprint density at radius 3 is 1.76 bits per heavy atom. The standard InChI is InChI=1S/C10H10F5NO/c1-2-4(17)3-16-10-8(14)6(12)5(11)7(13)9(10)15/h4,16-17H,2-3H2,1H3. The molecule has 0 heterocycles. The van der Waals surface area contributed by atoms with Gasteiger partial charge in [-0.1, -0.05) is 6.92 Å². The average Bonchev–Trinajstić information content (AvgIpc) is 2.33. The molecule has 1 aromatic rings. The van der Waals surface area contributed by atoms with Crippen molar-refractivity contribution in [2.24, 2.45) is 0 Å². The maximum Gasteiger partial charge on any atom is 0.200 e. The van der Waals surface area contributed by atoms with Crippen molar-refractivity contribution in [2.75, 3.05) is 11.9 Å². The molecule has 0 aliphatic rings. The molecule has 0 aliphatic carbocycles. The quantitative estimate of drug-likeness (QED) is 0.492. The summed E-state index contributed by atoms with van der Waals surface area (Å²) in [5.41, 5.74) is -1.13. The van der Waals surface area contributed by atoms with E-state index in [1.54, 1.807) is 6.92 Å². The van der Waals surface area contributed by atoms with Gasteiger partial charge in [-0.15, -0.1) is 0 Å². The molecule has 0 bridgehead atoms. The van der Waals surface area contributed by atoms with Crippen LogP contribution >= 0.6 is 0 Å². The van der Waals surface area contributed by atoms with Crippen molar-refractivity contribution in [3.63, 3.8) is 0 Å². The maximum absolute atomic E-state index is 13.1. The van der Waals surface area contributed by atoms with E-state index in [2.05, 4.69) is 0 Å². The molecule has 96 valence electrons. The van der Waals surface area contributed by atoms with Crippen molar-refractivity contribution in [2.45, 2.75) is 19.4 Å². The summed E-state index contributed by atoms with van der Waals surface area (Å²) in [6.07, 6.45) is -0.660. The first kappa shape index (κ1) is 13.7. The van der Waals surface area contributed by atoms with E-state index in [4.69, 9.17) is 5.11 Å². The Labute approximate surface area is 94.1 Å². The Morgan fingerprint density at radius 2 is 1.35 bits per heavy atom. The van der Waals surface area contributed by atoms with E-state index in [1.807, 2.05) is 5.32 Å². The Morgan fingerprint density at radius 1 is 0.941 bits per heavy atom. The third-order valence-corrected chi connectivity index (χ3v) is 2.20. The highest BCUT2D eigenvalue weighted by Crippen LogP contribution is 2.26. The molecule has 0 spiro atoms. The summed E-state index contributed by atoms with van der Waals surface area (Å²) in [6.45, 7) is 1.29. The molecular weight excluding hydrogens is 245 g/mol. The first-order valence-electron chi connectivity index (χ1n) is 4.83. The summed E-state index contributed by atoms with van der Waals surface area (Å²) in [6, 6.07) is 0. The first-order chi connectivity index (χ1) is 7.90. The van der Waals surface area contributed by atoms with E-state index in [1.165, 1.54) is 0 Å². The summed E-state index contributed by atoms with van der Waals surface area (Å²) in [4.78, 5) is 0.